The SMILES string of the molecule is CCN(CC)c1ccc(-n2c(C)cc([C@H]3[C@H](c4ccccn4)NC(=S)N3CC(C)C)c2C)cc1. The average molecular weight is 476 g/mol. The third-order valence-electron chi connectivity index (χ3n) is 6.79. The molecule has 1 aliphatic heterocycles. The van der Waals surface area contributed by atoms with Crippen molar-refractivity contribution in [1.29, 1.82) is 0 Å². The highest BCUT2D eigenvalue weighted by atomic mass is 32.1. The summed E-state index contributed by atoms with van der Waals surface area (Å²) in [6.45, 7) is 16.2. The molecule has 0 amide bonds. The van der Waals surface area contributed by atoms with E-state index >= 15 is 0 Å². The fraction of sp³-hybridized carbons (Fsp3) is 0.429. The molecule has 0 spiro atoms. The van der Waals surface area contributed by atoms with Crippen molar-refractivity contribution < 1.29 is 0 Å². The Labute approximate surface area is 209 Å². The lowest BCUT2D eigenvalue weighted by Gasteiger charge is -2.29. The highest BCUT2D eigenvalue weighted by Crippen LogP contribution is 2.41. The molecule has 1 aliphatic rings. The number of aryl methyl sites for hydroxylation is 1. The van der Waals surface area contributed by atoms with Gasteiger partial charge in [-0.05, 0) is 93.9 Å². The maximum absolute atomic E-state index is 5.83. The van der Waals surface area contributed by atoms with Gasteiger partial charge in [-0.3, -0.25) is 4.98 Å². The summed E-state index contributed by atoms with van der Waals surface area (Å²) >= 11 is 5.83. The molecule has 34 heavy (non-hydrogen) atoms. The minimum atomic E-state index is 0.0199. The predicted molar refractivity (Wildman–Crippen MR) is 146 cm³/mol. The van der Waals surface area contributed by atoms with Crippen LogP contribution in [0.1, 0.15) is 62.4 Å². The largest absolute Gasteiger partial charge is 0.372 e. The lowest BCUT2D eigenvalue weighted by Crippen LogP contribution is -2.33. The van der Waals surface area contributed by atoms with Gasteiger partial charge in [0.1, 0.15) is 0 Å². The van der Waals surface area contributed by atoms with Crippen molar-refractivity contribution in [2.24, 2.45) is 5.92 Å². The number of anilines is 1. The maximum Gasteiger partial charge on any atom is 0.170 e. The Kier molecular flexibility index (Phi) is 7.27. The van der Waals surface area contributed by atoms with Crippen molar-refractivity contribution in [2.45, 2.75) is 53.6 Å². The zero-order valence-corrected chi connectivity index (χ0v) is 22.1. The van der Waals surface area contributed by atoms with E-state index in [1.807, 2.05) is 12.3 Å². The van der Waals surface area contributed by atoms with E-state index in [0.717, 1.165) is 30.4 Å². The van der Waals surface area contributed by atoms with Crippen LogP contribution in [0.5, 0.6) is 0 Å². The molecule has 4 rings (SSSR count). The standard InChI is InChI=1S/C28H37N5S/c1-7-31(8-2)22-12-14-23(15-13-22)33-20(5)17-24(21(33)6)27-26(25-11-9-10-16-29-25)30-28(34)32(27)18-19(3)4/h9-17,19,26-27H,7-8,18H2,1-6H3,(H,30,34)/t26-,27-/m0/s1. The van der Waals surface area contributed by atoms with Crippen molar-refractivity contribution >= 4 is 23.0 Å². The van der Waals surface area contributed by atoms with Crippen LogP contribution >= 0.6 is 12.2 Å². The zero-order valence-electron chi connectivity index (χ0n) is 21.2. The van der Waals surface area contributed by atoms with Gasteiger partial charge in [0.2, 0.25) is 0 Å². The number of benzene rings is 1. The van der Waals surface area contributed by atoms with Gasteiger partial charge in [0.05, 0.1) is 17.8 Å². The van der Waals surface area contributed by atoms with E-state index in [-0.39, 0.29) is 12.1 Å². The van der Waals surface area contributed by atoms with Gasteiger partial charge in [0.15, 0.2) is 5.11 Å². The number of pyridine rings is 1. The van der Waals surface area contributed by atoms with Crippen LogP contribution in [-0.4, -0.2) is 39.2 Å². The Morgan fingerprint density at radius 3 is 2.35 bits per heavy atom. The number of rotatable bonds is 8. The Morgan fingerprint density at radius 1 is 1.06 bits per heavy atom. The molecule has 1 N–H and O–H groups in total. The van der Waals surface area contributed by atoms with Crippen LogP contribution in [0, 0.1) is 19.8 Å². The Bertz CT molecular complexity index is 1120. The van der Waals surface area contributed by atoms with Crippen LogP contribution in [-0.2, 0) is 0 Å². The first-order valence-corrected chi connectivity index (χ1v) is 12.8. The third kappa shape index (κ3) is 4.56. The first-order valence-electron chi connectivity index (χ1n) is 12.4. The van der Waals surface area contributed by atoms with Crippen LogP contribution in [0.15, 0.2) is 54.7 Å². The minimum Gasteiger partial charge on any atom is -0.372 e. The molecule has 6 heteroatoms. The summed E-state index contributed by atoms with van der Waals surface area (Å²) in [7, 11) is 0. The van der Waals surface area contributed by atoms with Gasteiger partial charge < -0.3 is 19.7 Å². The predicted octanol–water partition coefficient (Wildman–Crippen LogP) is 5.96. The maximum atomic E-state index is 5.83. The Balaban J connectivity index is 1.76. The van der Waals surface area contributed by atoms with Crippen LogP contribution in [0.2, 0.25) is 0 Å². The third-order valence-corrected chi connectivity index (χ3v) is 7.14. The zero-order chi connectivity index (χ0) is 24.4. The van der Waals surface area contributed by atoms with E-state index in [9.17, 15) is 0 Å². The molecule has 0 saturated carbocycles. The lowest BCUT2D eigenvalue weighted by molar-refractivity contribution is 0.287. The number of nitrogens with one attached hydrogen (secondary N) is 1. The van der Waals surface area contributed by atoms with Gasteiger partial charge in [-0.2, -0.15) is 0 Å². The summed E-state index contributed by atoms with van der Waals surface area (Å²) in [6, 6.07) is 17.5. The van der Waals surface area contributed by atoms with Crippen LogP contribution in [0.4, 0.5) is 5.69 Å². The van der Waals surface area contributed by atoms with Crippen molar-refractivity contribution in [3.05, 3.63) is 77.4 Å². The molecule has 5 nitrogen and oxygen atoms in total. The normalized spacial score (nSPS) is 18.0. The van der Waals surface area contributed by atoms with Gasteiger partial charge >= 0.3 is 0 Å². The topological polar surface area (TPSA) is 36.3 Å². The van der Waals surface area contributed by atoms with Crippen LogP contribution in [0.3, 0.4) is 0 Å². The second-order valence-corrected chi connectivity index (χ2v) is 9.91. The molecule has 2 atom stereocenters. The van der Waals surface area contributed by atoms with E-state index in [1.54, 1.807) is 0 Å². The second-order valence-electron chi connectivity index (χ2n) is 9.52. The van der Waals surface area contributed by atoms with E-state index in [2.05, 4.69) is 109 Å². The fourth-order valence-corrected chi connectivity index (χ4v) is 5.53. The molecule has 1 fully saturated rings. The van der Waals surface area contributed by atoms with E-state index < -0.39 is 0 Å². The minimum absolute atomic E-state index is 0.0199. The van der Waals surface area contributed by atoms with Gasteiger partial charge in [0.25, 0.3) is 0 Å². The van der Waals surface area contributed by atoms with E-state index in [0.29, 0.717) is 5.92 Å². The number of hydrogen-bond acceptors (Lipinski definition) is 3. The number of hydrogen-bond donors (Lipinski definition) is 1. The molecule has 1 saturated heterocycles. The fourth-order valence-electron chi connectivity index (χ4n) is 5.22. The molecule has 1 aromatic carbocycles. The summed E-state index contributed by atoms with van der Waals surface area (Å²) in [4.78, 5) is 9.41. The van der Waals surface area contributed by atoms with Crippen molar-refractivity contribution in [3.8, 4) is 5.69 Å². The molecule has 180 valence electrons. The lowest BCUT2D eigenvalue weighted by atomic mass is 9.96. The molecule has 0 radical (unpaired) electrons. The number of thiocarbonyl (C=S) groups is 1. The molecule has 0 aliphatic carbocycles. The molecule has 2 aromatic heterocycles. The summed E-state index contributed by atoms with van der Waals surface area (Å²) in [6.07, 6.45) is 1.86. The van der Waals surface area contributed by atoms with E-state index in [4.69, 9.17) is 12.2 Å². The van der Waals surface area contributed by atoms with Crippen molar-refractivity contribution in [1.82, 2.24) is 19.8 Å². The molecular weight excluding hydrogens is 438 g/mol. The summed E-state index contributed by atoms with van der Waals surface area (Å²) in [5, 5.41) is 4.39. The summed E-state index contributed by atoms with van der Waals surface area (Å²) < 4.78 is 2.37. The molecule has 3 heterocycles. The smallest absolute Gasteiger partial charge is 0.170 e. The highest BCUT2D eigenvalue weighted by molar-refractivity contribution is 7.80. The van der Waals surface area contributed by atoms with Crippen molar-refractivity contribution in [2.75, 3.05) is 24.5 Å². The monoisotopic (exact) mass is 475 g/mol. The molecule has 3 aromatic rings. The van der Waals surface area contributed by atoms with E-state index in [1.165, 1.54) is 28.3 Å². The summed E-state index contributed by atoms with van der Waals surface area (Å²) in [5.41, 5.74) is 7.25. The van der Waals surface area contributed by atoms with Gasteiger partial charge in [0, 0.05) is 48.6 Å². The number of aromatic nitrogens is 2. The quantitative estimate of drug-likeness (QED) is 0.407. The first-order chi connectivity index (χ1) is 16.3. The molecular formula is C28H37N5S. The Hall–Kier alpha value is -2.86. The number of nitrogens with zero attached hydrogens (tertiary/aromatic N) is 4. The van der Waals surface area contributed by atoms with Gasteiger partial charge in [-0.15, -0.1) is 0 Å². The van der Waals surface area contributed by atoms with Crippen LogP contribution < -0.4 is 10.2 Å². The van der Waals surface area contributed by atoms with Crippen LogP contribution in [0.25, 0.3) is 5.69 Å². The summed E-state index contributed by atoms with van der Waals surface area (Å²) in [5.74, 6) is 0.501. The molecule has 0 bridgehead atoms. The van der Waals surface area contributed by atoms with Crippen molar-refractivity contribution in [3.63, 3.8) is 0 Å². The Morgan fingerprint density at radius 2 is 1.76 bits per heavy atom. The average Bonchev–Trinajstić information content (AvgIpc) is 3.30. The first kappa shape index (κ1) is 24.3. The second kappa shape index (κ2) is 10.2. The molecule has 0 unspecified atom stereocenters. The highest BCUT2D eigenvalue weighted by Gasteiger charge is 2.41. The van der Waals surface area contributed by atoms with Gasteiger partial charge in [-0.1, -0.05) is 19.9 Å². The van der Waals surface area contributed by atoms with Gasteiger partial charge in [-0.25, -0.2) is 0 Å².